The molecule has 3 atom stereocenters. The van der Waals surface area contributed by atoms with E-state index in [-0.39, 0.29) is 42.8 Å². The maximum absolute atomic E-state index is 14.5. The Hall–Kier alpha value is -5.40. The van der Waals surface area contributed by atoms with Gasteiger partial charge in [0.1, 0.15) is 22.9 Å². The van der Waals surface area contributed by atoms with Crippen molar-refractivity contribution in [3.05, 3.63) is 92.9 Å². The third kappa shape index (κ3) is 10.7. The summed E-state index contributed by atoms with van der Waals surface area (Å²) >= 11 is 0. The molecule has 2 bridgehead atoms. The van der Waals surface area contributed by atoms with E-state index in [0.717, 1.165) is 31.0 Å². The van der Waals surface area contributed by atoms with Gasteiger partial charge in [0.05, 0.1) is 18.2 Å². The maximum atomic E-state index is 14.5. The minimum absolute atomic E-state index is 0.0194. The molecule has 1 N–H and O–H groups in total. The minimum atomic E-state index is -1.01. The van der Waals surface area contributed by atoms with Gasteiger partial charge in [0.15, 0.2) is 11.3 Å². The van der Waals surface area contributed by atoms with Crippen LogP contribution in [-0.2, 0) is 27.4 Å². The van der Waals surface area contributed by atoms with E-state index in [1.165, 1.54) is 68.2 Å². The number of oxime groups is 1. The van der Waals surface area contributed by atoms with Gasteiger partial charge in [-0.25, -0.2) is 8.78 Å². The summed E-state index contributed by atoms with van der Waals surface area (Å²) in [6, 6.07) is 8.37. The molecule has 3 aliphatic heterocycles. The van der Waals surface area contributed by atoms with E-state index in [4.69, 9.17) is 14.3 Å². The van der Waals surface area contributed by atoms with Crippen LogP contribution in [0.2, 0.25) is 0 Å². The lowest BCUT2D eigenvalue weighted by Crippen LogP contribution is -2.52. The van der Waals surface area contributed by atoms with Crippen molar-refractivity contribution in [1.82, 2.24) is 14.8 Å². The van der Waals surface area contributed by atoms with Crippen LogP contribution in [0.4, 0.5) is 8.78 Å². The molecule has 0 aliphatic carbocycles. The van der Waals surface area contributed by atoms with Crippen molar-refractivity contribution in [3.63, 3.8) is 0 Å². The average molecular weight is 831 g/mol. The van der Waals surface area contributed by atoms with Gasteiger partial charge in [-0.2, -0.15) is 0 Å². The van der Waals surface area contributed by atoms with Gasteiger partial charge in [-0.05, 0) is 56.9 Å². The zero-order valence-corrected chi connectivity index (χ0v) is 34.9. The number of benzene rings is 2. The van der Waals surface area contributed by atoms with Crippen LogP contribution < -0.4 is 20.2 Å². The Morgan fingerprint density at radius 2 is 1.60 bits per heavy atom. The van der Waals surface area contributed by atoms with Crippen molar-refractivity contribution in [2.75, 3.05) is 6.54 Å². The van der Waals surface area contributed by atoms with Gasteiger partial charge in [0, 0.05) is 49.8 Å². The second kappa shape index (κ2) is 20.2. The standard InChI is InChI=1S/C46H56F2N4O8/c1-4-5-6-7-8-9-10-11-12-13-14-15-39(53)58-35-20-16-32(17-21-35)24-40(54)59-43-41-45(57)51-29-38(46(23-22-31(51)3)26-30(2)50-60-46)52(41)28-36(42(43)55)44(56)49-27-33-18-19-34(47)25-37(33)48/h16-21,25,28,31,38H,4-15,22-24,26-27,29H2,1-3H3,(H,49,56)/t31-,38+,46-/m0/s1. The summed E-state index contributed by atoms with van der Waals surface area (Å²) in [5.74, 6) is -4.65. The SMILES string of the molecule is CCCCCCCCCCCCCC(=O)Oc1ccc(CC(=O)Oc2c3n(cc(C(=O)NCc4ccc(F)cc4F)c2=O)[C@@H]2CN(C3=O)[C@@H](C)CC[C@]23CC(C)=NO3)cc1. The van der Waals surface area contributed by atoms with Gasteiger partial charge < -0.3 is 29.1 Å². The number of nitrogens with zero attached hydrogens (tertiary/aromatic N) is 3. The highest BCUT2D eigenvalue weighted by molar-refractivity contribution is 6.00. The Morgan fingerprint density at radius 1 is 0.917 bits per heavy atom. The van der Waals surface area contributed by atoms with Crippen molar-refractivity contribution in [2.45, 2.75) is 148 Å². The van der Waals surface area contributed by atoms with Crippen molar-refractivity contribution < 1.29 is 42.3 Å². The Kier molecular flexibility index (Phi) is 14.9. The number of halogens is 2. The van der Waals surface area contributed by atoms with Crippen LogP contribution in [-0.4, -0.2) is 57.1 Å². The minimum Gasteiger partial charge on any atom is -0.427 e. The van der Waals surface area contributed by atoms with Crippen molar-refractivity contribution in [2.24, 2.45) is 5.16 Å². The second-order valence-electron chi connectivity index (χ2n) is 16.5. The number of aromatic nitrogens is 1. The number of carbonyl (C=O) groups excluding carboxylic acids is 4. The van der Waals surface area contributed by atoms with Gasteiger partial charge in [0.25, 0.3) is 11.8 Å². The van der Waals surface area contributed by atoms with E-state index in [0.29, 0.717) is 43.1 Å². The van der Waals surface area contributed by atoms with Gasteiger partial charge >= 0.3 is 11.9 Å². The lowest BCUT2D eigenvalue weighted by Gasteiger charge is -2.42. The molecule has 14 heteroatoms. The van der Waals surface area contributed by atoms with E-state index < -0.39 is 57.8 Å². The summed E-state index contributed by atoms with van der Waals surface area (Å²) in [5, 5.41) is 6.74. The smallest absolute Gasteiger partial charge is 0.315 e. The first-order chi connectivity index (χ1) is 28.9. The number of ether oxygens (including phenoxy) is 2. The van der Waals surface area contributed by atoms with E-state index in [1.54, 1.807) is 29.2 Å². The molecule has 1 saturated heterocycles. The Bertz CT molecular complexity index is 2140. The molecule has 4 heterocycles. The molecule has 322 valence electrons. The molecule has 12 nitrogen and oxygen atoms in total. The number of rotatable bonds is 19. The largest absolute Gasteiger partial charge is 0.427 e. The first-order valence-electron chi connectivity index (χ1n) is 21.4. The molecule has 2 aromatic carbocycles. The number of amides is 2. The van der Waals surface area contributed by atoms with Crippen molar-refractivity contribution >= 4 is 29.5 Å². The molecule has 0 radical (unpaired) electrons. The fraction of sp³-hybridized carbons (Fsp3) is 0.522. The molecule has 1 spiro atoms. The third-order valence-electron chi connectivity index (χ3n) is 11.8. The predicted molar refractivity (Wildman–Crippen MR) is 221 cm³/mol. The van der Waals surface area contributed by atoms with Gasteiger partial charge in [-0.1, -0.05) is 94.5 Å². The highest BCUT2D eigenvalue weighted by atomic mass is 19.1. The number of esters is 2. The number of hydrogen-bond acceptors (Lipinski definition) is 9. The summed E-state index contributed by atoms with van der Waals surface area (Å²) in [5.41, 5.74) is -1.37. The van der Waals surface area contributed by atoms with Crippen molar-refractivity contribution in [3.8, 4) is 11.5 Å². The molecule has 0 saturated carbocycles. The quantitative estimate of drug-likeness (QED) is 0.0719. The van der Waals surface area contributed by atoms with Crippen LogP contribution >= 0.6 is 0 Å². The molecule has 0 unspecified atom stereocenters. The van der Waals surface area contributed by atoms with Crippen LogP contribution in [0, 0.1) is 11.6 Å². The summed E-state index contributed by atoms with van der Waals surface area (Å²) in [6.45, 7) is 5.76. The number of unbranched alkanes of at least 4 members (excludes halogenated alkanes) is 10. The number of pyridine rings is 1. The van der Waals surface area contributed by atoms with Crippen LogP contribution in [0.1, 0.15) is 155 Å². The molecule has 1 aromatic heterocycles. The Balaban J connectivity index is 1.14. The lowest BCUT2D eigenvalue weighted by molar-refractivity contribution is -0.135. The topological polar surface area (TPSA) is 146 Å². The molecular formula is C46H56F2N4O8. The number of hydrogen-bond donors (Lipinski definition) is 1. The number of fused-ring (bicyclic) bond motifs is 5. The van der Waals surface area contributed by atoms with Crippen molar-refractivity contribution in [1.29, 1.82) is 0 Å². The van der Waals surface area contributed by atoms with Crippen LogP contribution in [0.15, 0.2) is 58.6 Å². The van der Waals surface area contributed by atoms with Crippen LogP contribution in [0.3, 0.4) is 0 Å². The zero-order chi connectivity index (χ0) is 42.8. The molecular weight excluding hydrogens is 775 g/mol. The maximum Gasteiger partial charge on any atom is 0.315 e. The van der Waals surface area contributed by atoms with E-state index in [1.807, 2.05) is 13.8 Å². The Morgan fingerprint density at radius 3 is 2.25 bits per heavy atom. The predicted octanol–water partition coefficient (Wildman–Crippen LogP) is 8.53. The summed E-state index contributed by atoms with van der Waals surface area (Å²) in [7, 11) is 0. The fourth-order valence-electron chi connectivity index (χ4n) is 8.41. The first kappa shape index (κ1) is 44.2. The number of carbonyl (C=O) groups is 4. The molecule has 3 aromatic rings. The first-order valence-corrected chi connectivity index (χ1v) is 21.4. The molecule has 6 rings (SSSR count). The summed E-state index contributed by atoms with van der Waals surface area (Å²) < 4.78 is 40.8. The highest BCUT2D eigenvalue weighted by Crippen LogP contribution is 2.46. The van der Waals surface area contributed by atoms with E-state index in [9.17, 15) is 32.8 Å². The monoisotopic (exact) mass is 830 g/mol. The molecule has 3 aliphatic rings. The van der Waals surface area contributed by atoms with Gasteiger partial charge in [0.2, 0.25) is 11.2 Å². The van der Waals surface area contributed by atoms with Crippen LogP contribution in [0.5, 0.6) is 11.5 Å². The number of nitrogens with one attached hydrogen (secondary N) is 1. The molecule has 2 amide bonds. The zero-order valence-electron chi connectivity index (χ0n) is 34.9. The molecule has 1 fully saturated rings. The average Bonchev–Trinajstić information content (AvgIpc) is 3.55. The second-order valence-corrected chi connectivity index (χ2v) is 16.5. The third-order valence-corrected chi connectivity index (χ3v) is 11.8. The van der Waals surface area contributed by atoms with Gasteiger partial charge in [-0.15, -0.1) is 0 Å². The van der Waals surface area contributed by atoms with E-state index in [2.05, 4.69) is 17.4 Å². The Labute approximate surface area is 349 Å². The van der Waals surface area contributed by atoms with Crippen LogP contribution in [0.25, 0.3) is 0 Å². The normalized spacial score (nSPS) is 19.3. The summed E-state index contributed by atoms with van der Waals surface area (Å²) in [4.78, 5) is 75.9. The lowest BCUT2D eigenvalue weighted by atomic mass is 9.84. The molecule has 60 heavy (non-hydrogen) atoms. The van der Waals surface area contributed by atoms with E-state index >= 15 is 0 Å². The summed E-state index contributed by atoms with van der Waals surface area (Å²) in [6.07, 6.45) is 15.7. The fourth-order valence-corrected chi connectivity index (χ4v) is 8.41. The van der Waals surface area contributed by atoms with Gasteiger partial charge in [-0.3, -0.25) is 24.0 Å². The highest BCUT2D eigenvalue weighted by Gasteiger charge is 2.54.